The Morgan fingerprint density at radius 3 is 1.52 bits per heavy atom. The number of Topliss-reactive ketones (excluding diaryl/α,β-unsaturated/α-hetero) is 9. The maximum Gasteiger partial charge on any atom is 0.335 e. The quantitative estimate of drug-likeness (QED) is 0.0124. The minimum Gasteiger partial charge on any atom is -0.481 e. The van der Waals surface area contributed by atoms with E-state index in [1.807, 2.05) is 13.8 Å². The maximum atomic E-state index is 15.2. The van der Waals surface area contributed by atoms with Gasteiger partial charge in [0.05, 0.1) is 101 Å². The van der Waals surface area contributed by atoms with Gasteiger partial charge >= 0.3 is 23.5 Å². The van der Waals surface area contributed by atoms with Crippen molar-refractivity contribution in [1.29, 1.82) is 16.2 Å². The molecule has 44 nitrogen and oxygen atoms in total. The number of aromatic amines is 1. The van der Waals surface area contributed by atoms with Crippen LogP contribution in [0.5, 0.6) is 0 Å². The first-order valence-electron chi connectivity index (χ1n) is 47.4. The highest BCUT2D eigenvalue weighted by Gasteiger charge is 2.42. The Morgan fingerprint density at radius 2 is 0.972 bits per heavy atom. The standard InChI is InChI=1S/C95H145N17O25S.O2S/c1-9-56(6)67(92(133)111-73(51-83(125)126)79(121)48-63(53-113)90(131)110-72(44-62-52-106-68-22-14-13-21-65(62)68)77(119)45-59(87(96)128)20-15-32-103-93(97)98)50-81(123)85(57(7)114)112-91(132)66(55(4)5)49-80(122)70(24-17-34-105-95(101)102)108-89(130)61(43-58-18-11-10-12-19-58)47-78(120)71(42-54(2)3)109-88(129)60(31-41-138-8)46-76(118)69(23-16-33-104-94(99)100)107-82(124)28-25-64(115)29-35-134-37-39-136-40-38-135-36-30-84(127)137-86-74(116)26-27-75(86)117;1-3-2/h10-14,18-19,21-22,52,54-57,59-61,63,66-67,69-73,85-86,106,113-114H,9,15-17,20,23-51,53H2,1-8H3,(H2,96,128)(H,107,124)(H,108,130)(H,109,129)(H,110,131)(H,111,133)(H,112,132)(H,125,126)(H4,97,98,103)(H4,99,100,104)(H4,101,102,105);/t56-,57+,59+,60+,61+,63-,66-,67-,69-,70-,71-,72-,73-,85-;/m0./s1. The van der Waals surface area contributed by atoms with Gasteiger partial charge in [-0.1, -0.05) is 96.5 Å². The molecule has 46 heteroatoms. The molecule has 1 saturated carbocycles. The number of carbonyl (C=O) groups excluding carboxylic acids is 17. The smallest absolute Gasteiger partial charge is 0.335 e. The number of primary amides is 1. The number of carboxylic acid groups (broad SMARTS) is 1. The van der Waals surface area contributed by atoms with Crippen molar-refractivity contribution >= 4 is 157 Å². The summed E-state index contributed by atoms with van der Waals surface area (Å²) in [5, 5.41) is 79.7. The number of ether oxygens (including phenoxy) is 4. The molecular weight excluding hydrogens is 1880 g/mol. The highest BCUT2D eigenvalue weighted by molar-refractivity contribution is 7.98. The van der Waals surface area contributed by atoms with Gasteiger partial charge in [-0.2, -0.15) is 20.2 Å². The molecule has 4 rings (SSSR count). The number of fused-ring (bicyclic) bond motifs is 1. The SMILES string of the molecule is CC[C@H](C)[C@H](CC(=O)[C@@H](NC(=O)[C@@H](CC(=O)[C@H](CCCNC(=N)N)NC(=O)[C@@H](CC(=O)[C@H](CC(C)C)NC(=O)[C@H](CCSC)CC(=O)[C@H](CCCNC(=N)N)NC(=O)CCC(=O)CCOCCOCCOCCC(=O)OC1C(=O)CCC1=O)Cc1ccccc1)C(C)C)[C@@H](C)O)C(=O)N[C@@H](CC(=O)O)C(=O)C[C@@H](CO)C(=O)N[C@@H](Cc1c[nH]c2ccccc12)C(=O)C[C@@H](CCCNC(=N)N)C(N)=O.O=S=O. The number of aliphatic carboxylic acids is 1. The number of benzene rings is 2. The zero-order chi connectivity index (χ0) is 105. The van der Waals surface area contributed by atoms with Gasteiger partial charge < -0.3 is 110 Å². The number of amides is 7. The number of thioether (sulfide) groups is 1. The molecule has 3 aromatic rings. The number of carbonyl (C=O) groups is 18. The molecule has 141 heavy (non-hydrogen) atoms. The molecule has 1 aliphatic rings. The van der Waals surface area contributed by atoms with Crippen molar-refractivity contribution in [3.8, 4) is 0 Å². The second kappa shape index (κ2) is 67.4. The predicted molar refractivity (Wildman–Crippen MR) is 521 cm³/mol. The molecule has 7 amide bonds. The van der Waals surface area contributed by atoms with E-state index in [1.54, 1.807) is 94.7 Å². The molecule has 1 heterocycles. The average Bonchev–Trinajstić information content (AvgIpc) is 1.69. The fourth-order valence-electron chi connectivity index (χ4n) is 15.6. The van der Waals surface area contributed by atoms with E-state index >= 15 is 14.4 Å². The third-order valence-corrected chi connectivity index (χ3v) is 24.5. The van der Waals surface area contributed by atoms with Gasteiger partial charge in [-0.25, -0.2) is 0 Å². The molecule has 1 aliphatic carbocycles. The van der Waals surface area contributed by atoms with Gasteiger partial charge in [-0.05, 0) is 112 Å². The molecule has 24 N–H and O–H groups in total. The molecule has 0 unspecified atom stereocenters. The van der Waals surface area contributed by atoms with Crippen LogP contribution < -0.4 is 70.8 Å². The van der Waals surface area contributed by atoms with Crippen LogP contribution in [0.15, 0.2) is 60.8 Å². The fraction of sp³-hybridized carbons (Fsp3) is 0.632. The van der Waals surface area contributed by atoms with Gasteiger partial charge in [0.2, 0.25) is 47.5 Å². The Hall–Kier alpha value is -12.0. The number of ketones is 9. The summed E-state index contributed by atoms with van der Waals surface area (Å²) in [6, 6.07) is 6.91. The van der Waals surface area contributed by atoms with Crippen LogP contribution in [0.1, 0.15) is 201 Å². The molecule has 0 spiro atoms. The van der Waals surface area contributed by atoms with Gasteiger partial charge in [0.15, 0.2) is 64.1 Å². The second-order valence-electron chi connectivity index (χ2n) is 35.8. The van der Waals surface area contributed by atoms with Gasteiger partial charge in [0, 0.05) is 143 Å². The number of aliphatic hydroxyl groups excluding tert-OH is 2. The summed E-state index contributed by atoms with van der Waals surface area (Å²) in [7, 11) is 0. The van der Waals surface area contributed by atoms with Crippen molar-refractivity contribution in [1.82, 2.24) is 52.8 Å². The summed E-state index contributed by atoms with van der Waals surface area (Å²) in [5.74, 6) is -23.6. The first-order valence-corrected chi connectivity index (χ1v) is 49.5. The molecule has 2 aromatic carbocycles. The van der Waals surface area contributed by atoms with Crippen LogP contribution in [0.4, 0.5) is 0 Å². The highest BCUT2D eigenvalue weighted by Crippen LogP contribution is 2.29. The number of para-hydroxylation sites is 1. The van der Waals surface area contributed by atoms with Crippen molar-refractivity contribution in [2.75, 3.05) is 77.9 Å². The number of H-pyrrole nitrogens is 1. The van der Waals surface area contributed by atoms with Crippen LogP contribution in [-0.2, 0) is 130 Å². The van der Waals surface area contributed by atoms with Gasteiger partial charge in [-0.3, -0.25) is 103 Å². The fourth-order valence-corrected chi connectivity index (χ4v) is 16.2. The Labute approximate surface area is 828 Å². The second-order valence-corrected chi connectivity index (χ2v) is 36.9. The van der Waals surface area contributed by atoms with E-state index in [-0.39, 0.29) is 192 Å². The van der Waals surface area contributed by atoms with Crippen LogP contribution in [-0.4, -0.2) is 278 Å². The summed E-state index contributed by atoms with van der Waals surface area (Å²) in [4.78, 5) is 252. The third-order valence-electron chi connectivity index (χ3n) is 23.8. The van der Waals surface area contributed by atoms with E-state index in [4.69, 9.17) is 66.5 Å². The molecule has 784 valence electrons. The lowest BCUT2D eigenvalue weighted by Gasteiger charge is -2.29. The lowest BCUT2D eigenvalue weighted by molar-refractivity contribution is -0.158. The molecule has 0 bridgehead atoms. The minimum absolute atomic E-state index is 0.0136. The van der Waals surface area contributed by atoms with Gasteiger partial charge in [0.25, 0.3) is 0 Å². The van der Waals surface area contributed by atoms with E-state index in [0.717, 1.165) is 0 Å². The maximum absolute atomic E-state index is 15.2. The Balaban J connectivity index is 0.0000168. The normalized spacial score (nSPS) is 14.9. The van der Waals surface area contributed by atoms with Crippen molar-refractivity contribution in [2.24, 2.45) is 76.2 Å². The van der Waals surface area contributed by atoms with Crippen molar-refractivity contribution in [2.45, 2.75) is 251 Å². The van der Waals surface area contributed by atoms with E-state index in [1.165, 1.54) is 18.7 Å². The van der Waals surface area contributed by atoms with Gasteiger partial charge in [-0.15, -0.1) is 0 Å². The summed E-state index contributed by atoms with van der Waals surface area (Å²) >= 11 is 0.643. The monoisotopic (exact) mass is 2020 g/mol. The summed E-state index contributed by atoms with van der Waals surface area (Å²) in [6.45, 7) is 11.2. The van der Waals surface area contributed by atoms with Crippen molar-refractivity contribution in [3.63, 3.8) is 0 Å². The number of hydrogen-bond acceptors (Lipinski definition) is 30. The van der Waals surface area contributed by atoms with Crippen LogP contribution in [0.3, 0.4) is 0 Å². The molecule has 0 aliphatic heterocycles. The van der Waals surface area contributed by atoms with Gasteiger partial charge in [0.1, 0.15) is 11.8 Å². The summed E-state index contributed by atoms with van der Waals surface area (Å²) in [5.41, 5.74) is 24.1. The number of aromatic nitrogens is 1. The van der Waals surface area contributed by atoms with E-state index in [0.29, 0.717) is 27.8 Å². The Bertz CT molecular complexity index is 4690. The summed E-state index contributed by atoms with van der Waals surface area (Å²) in [6.07, 6.45) is -3.93. The number of guanidine groups is 3. The van der Waals surface area contributed by atoms with E-state index in [2.05, 4.69) is 52.8 Å². The highest BCUT2D eigenvalue weighted by atomic mass is 32.2. The Morgan fingerprint density at radius 1 is 0.504 bits per heavy atom. The molecule has 14 atom stereocenters. The van der Waals surface area contributed by atoms with Crippen LogP contribution in [0.25, 0.3) is 10.9 Å². The number of hydrogen-bond donors (Lipinski definition) is 20. The number of aliphatic hydroxyl groups is 2. The molecule has 0 saturated heterocycles. The van der Waals surface area contributed by atoms with Crippen LogP contribution in [0, 0.1) is 69.5 Å². The number of carboxylic acids is 1. The molecule has 1 fully saturated rings. The minimum atomic E-state index is -1.88. The topological polar surface area (TPSA) is 739 Å². The number of nitrogens with one attached hydrogen (secondary N) is 13. The van der Waals surface area contributed by atoms with Crippen molar-refractivity contribution in [3.05, 3.63) is 71.9 Å². The lowest BCUT2D eigenvalue weighted by atomic mass is 9.83. The summed E-state index contributed by atoms with van der Waals surface area (Å²) < 4.78 is 37.9. The molecule has 1 aromatic heterocycles. The largest absolute Gasteiger partial charge is 0.481 e. The van der Waals surface area contributed by atoms with E-state index < -0.39 is 264 Å². The van der Waals surface area contributed by atoms with Crippen molar-refractivity contribution < 1.29 is 129 Å². The molecule has 0 radical (unpaired) electrons. The first-order chi connectivity index (χ1) is 66.9. The van der Waals surface area contributed by atoms with Crippen LogP contribution in [0.2, 0.25) is 0 Å². The number of nitrogens with two attached hydrogens (primary N) is 4. The molecular formula is C95H145N17O27S2. The first kappa shape index (κ1) is 123. The average molecular weight is 2020 g/mol. The predicted octanol–water partition coefficient (Wildman–Crippen LogP) is 1.29. The number of esters is 1. The zero-order valence-corrected chi connectivity index (χ0v) is 83.2. The van der Waals surface area contributed by atoms with E-state index in [9.17, 15) is 87.2 Å². The third kappa shape index (κ3) is 48.4. The lowest BCUT2D eigenvalue weighted by Crippen LogP contribution is -2.53. The zero-order valence-electron chi connectivity index (χ0n) is 81.6. The Kier molecular flexibility index (Phi) is 58.9. The number of rotatable bonds is 74. The van der Waals surface area contributed by atoms with Crippen LogP contribution >= 0.6 is 11.8 Å².